The zero-order valence-electron chi connectivity index (χ0n) is 11.8. The minimum atomic E-state index is -0.102. The average molecular weight is 275 g/mol. The fourth-order valence-electron chi connectivity index (χ4n) is 2.73. The molecule has 1 fully saturated rings. The molecule has 1 aliphatic heterocycles. The van der Waals surface area contributed by atoms with Crippen LogP contribution in [0.2, 0.25) is 0 Å². The van der Waals surface area contributed by atoms with E-state index < -0.39 is 0 Å². The maximum Gasteiger partial charge on any atom is 0.258 e. The fourth-order valence-corrected chi connectivity index (χ4v) is 2.73. The predicted octanol–water partition coefficient (Wildman–Crippen LogP) is 2.57. The van der Waals surface area contributed by atoms with Crippen molar-refractivity contribution >= 4 is 5.91 Å². The third-order valence-electron chi connectivity index (χ3n) is 3.63. The highest BCUT2D eigenvalue weighted by atomic mass is 16.5. The van der Waals surface area contributed by atoms with E-state index in [-0.39, 0.29) is 11.9 Å². The summed E-state index contributed by atoms with van der Waals surface area (Å²) in [6, 6.07) is 1.68. The second-order valence-electron chi connectivity index (χ2n) is 5.16. The van der Waals surface area contributed by atoms with E-state index in [1.165, 1.54) is 0 Å². The number of aryl methyl sites for hydroxylation is 3. The molecule has 0 aliphatic carbocycles. The molecule has 6 heteroatoms. The van der Waals surface area contributed by atoms with Gasteiger partial charge in [-0.3, -0.25) is 4.79 Å². The van der Waals surface area contributed by atoms with Gasteiger partial charge < -0.3 is 13.8 Å². The normalized spacial score (nSPS) is 18.8. The van der Waals surface area contributed by atoms with Crippen molar-refractivity contribution in [3.8, 4) is 0 Å². The minimum Gasteiger partial charge on any atom is -0.466 e. The van der Waals surface area contributed by atoms with Crippen LogP contribution in [-0.4, -0.2) is 27.5 Å². The van der Waals surface area contributed by atoms with Crippen LogP contribution in [0, 0.1) is 20.8 Å². The Bertz CT molecular complexity index is 644. The van der Waals surface area contributed by atoms with Gasteiger partial charge in [0.2, 0.25) is 5.89 Å². The minimum absolute atomic E-state index is 0.0238. The van der Waals surface area contributed by atoms with Gasteiger partial charge in [0.15, 0.2) is 5.82 Å². The Balaban J connectivity index is 1.89. The van der Waals surface area contributed by atoms with Crippen molar-refractivity contribution in [2.75, 3.05) is 6.54 Å². The van der Waals surface area contributed by atoms with Crippen molar-refractivity contribution in [1.82, 2.24) is 15.0 Å². The molecule has 6 nitrogen and oxygen atoms in total. The maximum atomic E-state index is 12.7. The number of hydrogen-bond acceptors (Lipinski definition) is 5. The lowest BCUT2D eigenvalue weighted by molar-refractivity contribution is 0.0726. The molecule has 0 bridgehead atoms. The molecule has 1 aliphatic rings. The third kappa shape index (κ3) is 2.11. The third-order valence-corrected chi connectivity index (χ3v) is 3.63. The fraction of sp³-hybridized carbons (Fsp3) is 0.500. The van der Waals surface area contributed by atoms with Crippen molar-refractivity contribution in [3.63, 3.8) is 0 Å². The van der Waals surface area contributed by atoms with Gasteiger partial charge in [-0.25, -0.2) is 0 Å². The SMILES string of the molecule is Cc1cc(C(=O)N2CCC[C@@H]2c2noc(C)n2)c(C)o1. The predicted molar refractivity (Wildman–Crippen MR) is 70.2 cm³/mol. The molecule has 3 heterocycles. The van der Waals surface area contributed by atoms with E-state index in [2.05, 4.69) is 10.1 Å². The Hall–Kier alpha value is -2.11. The molecular weight excluding hydrogens is 258 g/mol. The molecule has 106 valence electrons. The highest BCUT2D eigenvalue weighted by Crippen LogP contribution is 2.32. The number of aromatic nitrogens is 2. The summed E-state index contributed by atoms with van der Waals surface area (Å²) in [6.07, 6.45) is 1.81. The molecule has 1 saturated heterocycles. The molecule has 0 radical (unpaired) electrons. The molecule has 3 rings (SSSR count). The summed E-state index contributed by atoms with van der Waals surface area (Å²) in [6.45, 7) is 6.11. The van der Waals surface area contributed by atoms with Crippen LogP contribution < -0.4 is 0 Å². The van der Waals surface area contributed by atoms with Gasteiger partial charge in [-0.2, -0.15) is 4.98 Å². The molecule has 2 aromatic heterocycles. The van der Waals surface area contributed by atoms with E-state index in [9.17, 15) is 4.79 Å². The Labute approximate surface area is 116 Å². The summed E-state index contributed by atoms with van der Waals surface area (Å²) in [5.41, 5.74) is 0.620. The van der Waals surface area contributed by atoms with Gasteiger partial charge >= 0.3 is 0 Å². The van der Waals surface area contributed by atoms with Crippen LogP contribution in [0.3, 0.4) is 0 Å². The monoisotopic (exact) mass is 275 g/mol. The summed E-state index contributed by atoms with van der Waals surface area (Å²) in [5.74, 6) is 2.49. The topological polar surface area (TPSA) is 72.4 Å². The molecule has 0 unspecified atom stereocenters. The van der Waals surface area contributed by atoms with E-state index >= 15 is 0 Å². The van der Waals surface area contributed by atoms with Crippen LogP contribution >= 0.6 is 0 Å². The second kappa shape index (κ2) is 4.77. The van der Waals surface area contributed by atoms with Crippen LogP contribution in [-0.2, 0) is 0 Å². The maximum absolute atomic E-state index is 12.7. The molecule has 1 amide bonds. The van der Waals surface area contributed by atoms with Crippen molar-refractivity contribution < 1.29 is 13.7 Å². The lowest BCUT2D eigenvalue weighted by atomic mass is 10.1. The van der Waals surface area contributed by atoms with E-state index in [4.69, 9.17) is 8.94 Å². The first-order valence-electron chi connectivity index (χ1n) is 6.74. The van der Waals surface area contributed by atoms with Gasteiger partial charge in [-0.15, -0.1) is 0 Å². The van der Waals surface area contributed by atoms with Crippen LogP contribution in [0.25, 0.3) is 0 Å². The number of nitrogens with zero attached hydrogens (tertiary/aromatic N) is 3. The van der Waals surface area contributed by atoms with E-state index in [0.717, 1.165) is 18.6 Å². The largest absolute Gasteiger partial charge is 0.466 e. The van der Waals surface area contributed by atoms with Crippen LogP contribution in [0.1, 0.15) is 52.5 Å². The second-order valence-corrected chi connectivity index (χ2v) is 5.16. The number of rotatable bonds is 2. The number of furan rings is 1. The van der Waals surface area contributed by atoms with Crippen LogP contribution in [0.4, 0.5) is 0 Å². The molecular formula is C14H17N3O3. The lowest BCUT2D eigenvalue weighted by Gasteiger charge is -2.21. The van der Waals surface area contributed by atoms with Gasteiger partial charge in [0.05, 0.1) is 11.6 Å². The molecule has 1 atom stereocenters. The number of amides is 1. The highest BCUT2D eigenvalue weighted by molar-refractivity contribution is 5.95. The van der Waals surface area contributed by atoms with Crippen molar-refractivity contribution in [1.29, 1.82) is 0 Å². The quantitative estimate of drug-likeness (QED) is 0.842. The molecule has 0 aromatic carbocycles. The number of hydrogen-bond donors (Lipinski definition) is 0. The van der Waals surface area contributed by atoms with Crippen LogP contribution in [0.15, 0.2) is 15.0 Å². The smallest absolute Gasteiger partial charge is 0.258 e. The van der Waals surface area contributed by atoms with E-state index in [1.807, 2.05) is 18.7 Å². The Morgan fingerprint density at radius 3 is 2.80 bits per heavy atom. The summed E-state index contributed by atoms with van der Waals surface area (Å²) >= 11 is 0. The van der Waals surface area contributed by atoms with Crippen molar-refractivity contribution in [3.05, 3.63) is 34.9 Å². The number of carbonyl (C=O) groups excluding carboxylic acids is 1. The zero-order valence-corrected chi connectivity index (χ0v) is 11.8. The van der Waals surface area contributed by atoms with Gasteiger partial charge in [-0.05, 0) is 32.8 Å². The number of likely N-dealkylation sites (tertiary alicyclic amines) is 1. The molecule has 0 saturated carbocycles. The summed E-state index contributed by atoms with van der Waals surface area (Å²) in [5, 5.41) is 3.95. The standard InChI is InChI=1S/C14H17N3O3/c1-8-7-11(9(2)19-8)14(18)17-6-4-5-12(17)13-15-10(3)20-16-13/h7,12H,4-6H2,1-3H3/t12-/m1/s1. The van der Waals surface area contributed by atoms with Crippen molar-refractivity contribution in [2.45, 2.75) is 39.7 Å². The van der Waals surface area contributed by atoms with E-state index in [1.54, 1.807) is 13.0 Å². The molecule has 20 heavy (non-hydrogen) atoms. The van der Waals surface area contributed by atoms with Gasteiger partial charge in [0.25, 0.3) is 5.91 Å². The Kier molecular flexibility index (Phi) is 3.08. The summed E-state index contributed by atoms with van der Waals surface area (Å²) in [4.78, 5) is 18.7. The van der Waals surface area contributed by atoms with Crippen LogP contribution in [0.5, 0.6) is 0 Å². The first kappa shape index (κ1) is 12.9. The van der Waals surface area contributed by atoms with Gasteiger partial charge in [-0.1, -0.05) is 5.16 Å². The average Bonchev–Trinajstić information content (AvgIpc) is 3.08. The summed E-state index contributed by atoms with van der Waals surface area (Å²) in [7, 11) is 0. The lowest BCUT2D eigenvalue weighted by Crippen LogP contribution is -2.31. The van der Waals surface area contributed by atoms with E-state index in [0.29, 0.717) is 29.6 Å². The molecule has 0 N–H and O–H groups in total. The van der Waals surface area contributed by atoms with Crippen molar-refractivity contribution in [2.24, 2.45) is 0 Å². The number of carbonyl (C=O) groups is 1. The molecule has 2 aromatic rings. The Morgan fingerprint density at radius 2 is 2.20 bits per heavy atom. The first-order valence-corrected chi connectivity index (χ1v) is 6.74. The zero-order chi connectivity index (χ0) is 14.3. The van der Waals surface area contributed by atoms with Gasteiger partial charge in [0, 0.05) is 13.5 Å². The summed E-state index contributed by atoms with van der Waals surface area (Å²) < 4.78 is 10.5. The van der Waals surface area contributed by atoms with Gasteiger partial charge in [0.1, 0.15) is 11.5 Å². The molecule has 0 spiro atoms. The first-order chi connectivity index (χ1) is 9.56. The highest BCUT2D eigenvalue weighted by Gasteiger charge is 2.34. The Morgan fingerprint density at radius 1 is 1.40 bits per heavy atom.